The second-order valence-corrected chi connectivity index (χ2v) is 9.02. The van der Waals surface area contributed by atoms with Crippen molar-refractivity contribution in [3.05, 3.63) is 65.4 Å². The van der Waals surface area contributed by atoms with Gasteiger partial charge in [0.05, 0.1) is 10.5 Å². The molecule has 0 saturated heterocycles. The van der Waals surface area contributed by atoms with Crippen LogP contribution in [0.25, 0.3) is 11.0 Å². The maximum atomic E-state index is 13.0. The van der Waals surface area contributed by atoms with Crippen LogP contribution in [0.1, 0.15) is 41.4 Å². The number of rotatable bonds is 7. The molecule has 0 aliphatic rings. The molecule has 3 aromatic rings. The highest BCUT2D eigenvalue weighted by molar-refractivity contribution is 7.90. The van der Waals surface area contributed by atoms with Gasteiger partial charge in [-0.2, -0.15) is 0 Å². The maximum absolute atomic E-state index is 13.0. The third-order valence-electron chi connectivity index (χ3n) is 4.80. The van der Waals surface area contributed by atoms with E-state index in [1.807, 2.05) is 24.3 Å². The third-order valence-corrected chi connectivity index (χ3v) is 5.95. The Morgan fingerprint density at radius 2 is 1.75 bits per heavy atom. The lowest BCUT2D eigenvalue weighted by atomic mass is 10.1. The SMILES string of the molecule is CCCCc1oc2ccccc2c1CN(C)C(=O)c1ccccc1S(C)(=O)=O. The van der Waals surface area contributed by atoms with E-state index in [1.54, 1.807) is 30.1 Å². The number of hydrogen-bond donors (Lipinski definition) is 0. The first-order valence-corrected chi connectivity index (χ1v) is 11.3. The van der Waals surface area contributed by atoms with Gasteiger partial charge in [-0.25, -0.2) is 8.42 Å². The minimum absolute atomic E-state index is 0.0510. The molecule has 0 unspecified atom stereocenters. The predicted octanol–water partition coefficient (Wildman–Crippen LogP) is 4.45. The smallest absolute Gasteiger partial charge is 0.255 e. The molecule has 1 aromatic heterocycles. The van der Waals surface area contributed by atoms with Crippen molar-refractivity contribution < 1.29 is 17.6 Å². The Morgan fingerprint density at radius 3 is 2.46 bits per heavy atom. The number of para-hydroxylation sites is 1. The molecule has 2 aromatic carbocycles. The van der Waals surface area contributed by atoms with E-state index in [1.165, 1.54) is 6.07 Å². The van der Waals surface area contributed by atoms with Crippen LogP contribution in [0.3, 0.4) is 0 Å². The molecule has 0 radical (unpaired) electrons. The van der Waals surface area contributed by atoms with E-state index in [2.05, 4.69) is 6.92 Å². The van der Waals surface area contributed by atoms with Gasteiger partial charge in [0.1, 0.15) is 11.3 Å². The molecule has 0 spiro atoms. The van der Waals surface area contributed by atoms with E-state index in [9.17, 15) is 13.2 Å². The zero-order valence-electron chi connectivity index (χ0n) is 16.4. The van der Waals surface area contributed by atoms with E-state index in [4.69, 9.17) is 4.42 Å². The van der Waals surface area contributed by atoms with Gasteiger partial charge >= 0.3 is 0 Å². The fraction of sp³-hybridized carbons (Fsp3) is 0.318. The first kappa shape index (κ1) is 20.1. The van der Waals surface area contributed by atoms with Crippen LogP contribution in [0.2, 0.25) is 0 Å². The van der Waals surface area contributed by atoms with Gasteiger partial charge in [-0.05, 0) is 24.6 Å². The summed E-state index contributed by atoms with van der Waals surface area (Å²) in [4.78, 5) is 14.6. The van der Waals surface area contributed by atoms with Crippen molar-refractivity contribution in [3.63, 3.8) is 0 Å². The van der Waals surface area contributed by atoms with Gasteiger partial charge < -0.3 is 9.32 Å². The number of sulfone groups is 1. The fourth-order valence-electron chi connectivity index (χ4n) is 3.34. The first-order chi connectivity index (χ1) is 13.3. The molecule has 0 aliphatic heterocycles. The fourth-order valence-corrected chi connectivity index (χ4v) is 4.22. The van der Waals surface area contributed by atoms with Gasteiger partial charge in [-0.15, -0.1) is 0 Å². The molecular weight excluding hydrogens is 374 g/mol. The van der Waals surface area contributed by atoms with Crippen molar-refractivity contribution >= 4 is 26.7 Å². The second-order valence-electron chi connectivity index (χ2n) is 7.03. The monoisotopic (exact) mass is 399 g/mol. The van der Waals surface area contributed by atoms with E-state index < -0.39 is 9.84 Å². The molecule has 0 bridgehead atoms. The summed E-state index contributed by atoms with van der Waals surface area (Å²) in [6.45, 7) is 2.48. The van der Waals surface area contributed by atoms with Gasteiger partial charge in [-0.1, -0.05) is 43.7 Å². The number of amides is 1. The number of aryl methyl sites for hydroxylation is 1. The molecule has 1 amide bonds. The Hall–Kier alpha value is -2.60. The van der Waals surface area contributed by atoms with Crippen molar-refractivity contribution in [2.24, 2.45) is 0 Å². The number of furan rings is 1. The summed E-state index contributed by atoms with van der Waals surface area (Å²) in [5, 5.41) is 0.990. The summed E-state index contributed by atoms with van der Waals surface area (Å²) in [5.74, 6) is 0.562. The van der Waals surface area contributed by atoms with Crippen LogP contribution in [0.4, 0.5) is 0 Å². The zero-order valence-corrected chi connectivity index (χ0v) is 17.3. The molecule has 6 heteroatoms. The molecule has 0 fully saturated rings. The van der Waals surface area contributed by atoms with Crippen LogP contribution in [-0.2, 0) is 22.8 Å². The quantitative estimate of drug-likeness (QED) is 0.589. The highest BCUT2D eigenvalue weighted by Gasteiger charge is 2.23. The Morgan fingerprint density at radius 1 is 1.07 bits per heavy atom. The van der Waals surface area contributed by atoms with E-state index in [0.717, 1.165) is 47.8 Å². The van der Waals surface area contributed by atoms with Gasteiger partial charge in [0.25, 0.3) is 5.91 Å². The van der Waals surface area contributed by atoms with E-state index in [0.29, 0.717) is 6.54 Å². The van der Waals surface area contributed by atoms with Crippen molar-refractivity contribution in [2.75, 3.05) is 13.3 Å². The highest BCUT2D eigenvalue weighted by atomic mass is 32.2. The standard InChI is InChI=1S/C22H25NO4S/c1-4-5-12-20-18(16-10-6-8-13-19(16)27-20)15-23(2)22(24)17-11-7-9-14-21(17)28(3,25)26/h6-11,13-14H,4-5,12,15H2,1-3H3. The van der Waals surface area contributed by atoms with E-state index >= 15 is 0 Å². The average molecular weight is 400 g/mol. The summed E-state index contributed by atoms with van der Waals surface area (Å²) in [6, 6.07) is 14.1. The lowest BCUT2D eigenvalue weighted by Gasteiger charge is -2.19. The van der Waals surface area contributed by atoms with E-state index in [-0.39, 0.29) is 16.4 Å². The van der Waals surface area contributed by atoms with Gasteiger partial charge in [0, 0.05) is 37.2 Å². The molecular formula is C22H25NO4S. The minimum atomic E-state index is -3.49. The second kappa shape index (κ2) is 8.19. The largest absolute Gasteiger partial charge is 0.461 e. The molecule has 5 nitrogen and oxygen atoms in total. The summed E-state index contributed by atoms with van der Waals surface area (Å²) in [6.07, 6.45) is 3.97. The van der Waals surface area contributed by atoms with Crippen molar-refractivity contribution in [2.45, 2.75) is 37.6 Å². The predicted molar refractivity (Wildman–Crippen MR) is 110 cm³/mol. The number of fused-ring (bicyclic) bond motifs is 1. The average Bonchev–Trinajstić information content (AvgIpc) is 3.02. The lowest BCUT2D eigenvalue weighted by molar-refractivity contribution is 0.0781. The number of carbonyl (C=O) groups excluding carboxylic acids is 1. The van der Waals surface area contributed by atoms with Crippen LogP contribution < -0.4 is 0 Å². The van der Waals surface area contributed by atoms with Crippen LogP contribution in [0.15, 0.2) is 57.8 Å². The maximum Gasteiger partial charge on any atom is 0.255 e. The van der Waals surface area contributed by atoms with Gasteiger partial charge in [0.15, 0.2) is 9.84 Å². The number of unbranched alkanes of at least 4 members (excludes halogenated alkanes) is 1. The highest BCUT2D eigenvalue weighted by Crippen LogP contribution is 2.29. The van der Waals surface area contributed by atoms with Crippen LogP contribution in [0, 0.1) is 0 Å². The van der Waals surface area contributed by atoms with Gasteiger partial charge in [0.2, 0.25) is 0 Å². The summed E-state index contributed by atoms with van der Waals surface area (Å²) in [5.41, 5.74) is 1.98. The van der Waals surface area contributed by atoms with Crippen LogP contribution in [-0.4, -0.2) is 32.5 Å². The van der Waals surface area contributed by atoms with Crippen molar-refractivity contribution in [3.8, 4) is 0 Å². The molecule has 148 valence electrons. The lowest BCUT2D eigenvalue weighted by Crippen LogP contribution is -2.28. The van der Waals surface area contributed by atoms with Crippen molar-refractivity contribution in [1.29, 1.82) is 0 Å². The topological polar surface area (TPSA) is 67.6 Å². The summed E-state index contributed by atoms with van der Waals surface area (Å²) >= 11 is 0. The summed E-state index contributed by atoms with van der Waals surface area (Å²) < 4.78 is 30.2. The van der Waals surface area contributed by atoms with Crippen LogP contribution >= 0.6 is 0 Å². The Bertz CT molecular complexity index is 1100. The van der Waals surface area contributed by atoms with Crippen LogP contribution in [0.5, 0.6) is 0 Å². The van der Waals surface area contributed by atoms with Crippen molar-refractivity contribution in [1.82, 2.24) is 4.90 Å². The zero-order chi connectivity index (χ0) is 20.3. The first-order valence-electron chi connectivity index (χ1n) is 9.36. The third kappa shape index (κ3) is 4.12. The Labute approximate surface area is 165 Å². The summed E-state index contributed by atoms with van der Waals surface area (Å²) in [7, 11) is -1.81. The number of hydrogen-bond acceptors (Lipinski definition) is 4. The number of benzene rings is 2. The Balaban J connectivity index is 1.95. The molecule has 0 aliphatic carbocycles. The molecule has 0 saturated carbocycles. The number of nitrogens with zero attached hydrogens (tertiary/aromatic N) is 1. The van der Waals surface area contributed by atoms with Gasteiger partial charge in [-0.3, -0.25) is 4.79 Å². The molecule has 0 N–H and O–H groups in total. The molecule has 28 heavy (non-hydrogen) atoms. The minimum Gasteiger partial charge on any atom is -0.461 e. The normalized spacial score (nSPS) is 11.7. The molecule has 1 heterocycles. The Kier molecular flexibility index (Phi) is 5.89. The number of carbonyl (C=O) groups is 1. The molecule has 3 rings (SSSR count). The molecule has 0 atom stereocenters.